The van der Waals surface area contributed by atoms with Gasteiger partial charge in [0.25, 0.3) is 0 Å². The van der Waals surface area contributed by atoms with E-state index in [9.17, 15) is 19.2 Å². The molecule has 3 amide bonds. The van der Waals surface area contributed by atoms with E-state index in [1.54, 1.807) is 0 Å². The molecule has 0 aliphatic rings. The smallest absolute Gasteiger partial charge is 0.328 e. The first-order chi connectivity index (χ1) is 11.8. The number of nitrogens with two attached hydrogens (primary N) is 2. The van der Waals surface area contributed by atoms with Crippen molar-refractivity contribution in [3.8, 4) is 0 Å². The summed E-state index contributed by atoms with van der Waals surface area (Å²) in [6, 6.07) is -3.41. The third-order valence-corrected chi connectivity index (χ3v) is 3.33. The lowest BCUT2D eigenvalue weighted by molar-refractivity contribution is -0.143. The molecule has 0 aromatic carbocycles. The van der Waals surface area contributed by atoms with Gasteiger partial charge in [-0.25, -0.2) is 4.79 Å². The van der Waals surface area contributed by atoms with E-state index in [4.69, 9.17) is 21.7 Å². The normalized spacial score (nSPS) is 14.1. The number of nitrogens with one attached hydrogen (secondary N) is 3. The van der Waals surface area contributed by atoms with Crippen molar-refractivity contribution in [2.24, 2.45) is 11.5 Å². The molecule has 9 N–H and O–H groups in total. The second-order valence-corrected chi connectivity index (χ2v) is 5.42. The molecule has 0 bridgehead atoms. The fourth-order valence-corrected chi connectivity index (χ4v) is 1.88. The molecular weight excluding hydrogens is 334 g/mol. The molecule has 0 saturated heterocycles. The summed E-state index contributed by atoms with van der Waals surface area (Å²) in [5, 5.41) is 24.6. The van der Waals surface area contributed by atoms with E-state index < -0.39 is 48.4 Å². The van der Waals surface area contributed by atoms with Crippen molar-refractivity contribution in [3.05, 3.63) is 0 Å². The lowest BCUT2D eigenvalue weighted by Crippen LogP contribution is -2.55. The summed E-state index contributed by atoms with van der Waals surface area (Å²) in [4.78, 5) is 46.4. The molecule has 0 radical (unpaired) electrons. The van der Waals surface area contributed by atoms with Crippen molar-refractivity contribution < 1.29 is 29.4 Å². The van der Waals surface area contributed by atoms with Crippen molar-refractivity contribution in [1.82, 2.24) is 16.0 Å². The summed E-state index contributed by atoms with van der Waals surface area (Å²) in [6.07, 6.45) is 1.57. The molecule has 25 heavy (non-hydrogen) atoms. The Balaban J connectivity index is 4.74. The van der Waals surface area contributed by atoms with Crippen LogP contribution in [0.1, 0.15) is 26.2 Å². The second kappa shape index (κ2) is 12.2. The lowest BCUT2D eigenvalue weighted by atomic mass is 10.1. The summed E-state index contributed by atoms with van der Waals surface area (Å²) in [6.45, 7) is 0.727. The molecule has 0 spiro atoms. The van der Waals surface area contributed by atoms with Gasteiger partial charge in [0.15, 0.2) is 0 Å². The number of aliphatic carboxylic acids is 1. The molecule has 3 unspecified atom stereocenters. The maximum Gasteiger partial charge on any atom is 0.328 e. The fourth-order valence-electron chi connectivity index (χ4n) is 1.88. The summed E-state index contributed by atoms with van der Waals surface area (Å²) < 4.78 is 0. The standard InChI is InChI=1S/C14H27N5O6/c1-8(12(22)19-10(7-20)14(24)25)17-13(23)9(4-2-3-5-15)18-11(21)6-16/h8-10,20H,2-7,15-16H2,1H3,(H,17,23)(H,18,21)(H,19,22)(H,24,25). The van der Waals surface area contributed by atoms with Gasteiger partial charge in [-0.05, 0) is 32.7 Å². The topological polar surface area (TPSA) is 197 Å². The van der Waals surface area contributed by atoms with Crippen molar-refractivity contribution in [3.63, 3.8) is 0 Å². The molecule has 0 aromatic heterocycles. The van der Waals surface area contributed by atoms with Crippen LogP contribution in [-0.2, 0) is 19.2 Å². The van der Waals surface area contributed by atoms with Crippen LogP contribution in [-0.4, -0.2) is 71.7 Å². The van der Waals surface area contributed by atoms with Crippen molar-refractivity contribution in [2.45, 2.75) is 44.3 Å². The highest BCUT2D eigenvalue weighted by Gasteiger charge is 2.26. The fraction of sp³-hybridized carbons (Fsp3) is 0.714. The summed E-state index contributed by atoms with van der Waals surface area (Å²) in [7, 11) is 0. The zero-order valence-corrected chi connectivity index (χ0v) is 14.2. The van der Waals surface area contributed by atoms with E-state index in [0.29, 0.717) is 25.8 Å². The van der Waals surface area contributed by atoms with Crippen LogP contribution in [0, 0.1) is 0 Å². The third kappa shape index (κ3) is 8.98. The molecular formula is C14H27N5O6. The van der Waals surface area contributed by atoms with E-state index >= 15 is 0 Å². The Morgan fingerprint density at radius 1 is 0.960 bits per heavy atom. The first kappa shape index (κ1) is 22.8. The number of unbranched alkanes of at least 4 members (excludes halogenated alkanes) is 1. The zero-order valence-electron chi connectivity index (χ0n) is 14.2. The van der Waals surface area contributed by atoms with E-state index in [1.165, 1.54) is 6.92 Å². The van der Waals surface area contributed by atoms with Gasteiger partial charge >= 0.3 is 5.97 Å². The van der Waals surface area contributed by atoms with E-state index in [0.717, 1.165) is 0 Å². The van der Waals surface area contributed by atoms with Crippen LogP contribution in [0.2, 0.25) is 0 Å². The van der Waals surface area contributed by atoms with Crippen molar-refractivity contribution in [2.75, 3.05) is 19.7 Å². The van der Waals surface area contributed by atoms with Gasteiger partial charge in [-0.2, -0.15) is 0 Å². The number of carboxylic acids is 1. The molecule has 0 saturated carbocycles. The molecule has 144 valence electrons. The summed E-state index contributed by atoms with van der Waals surface area (Å²) >= 11 is 0. The van der Waals surface area contributed by atoms with Crippen molar-refractivity contribution in [1.29, 1.82) is 0 Å². The molecule has 11 heteroatoms. The highest BCUT2D eigenvalue weighted by molar-refractivity contribution is 5.93. The number of aliphatic hydroxyl groups excluding tert-OH is 1. The van der Waals surface area contributed by atoms with E-state index in [-0.39, 0.29) is 6.54 Å². The van der Waals surface area contributed by atoms with Gasteiger partial charge in [0.05, 0.1) is 13.2 Å². The largest absolute Gasteiger partial charge is 0.480 e. The maximum atomic E-state index is 12.2. The molecule has 0 aromatic rings. The van der Waals surface area contributed by atoms with Crippen LogP contribution >= 0.6 is 0 Å². The summed E-state index contributed by atoms with van der Waals surface area (Å²) in [5.41, 5.74) is 10.6. The van der Waals surface area contributed by atoms with Gasteiger partial charge in [0, 0.05) is 0 Å². The number of amides is 3. The molecule has 0 heterocycles. The Labute approximate surface area is 145 Å². The number of aliphatic hydroxyl groups is 1. The quantitative estimate of drug-likeness (QED) is 0.175. The monoisotopic (exact) mass is 361 g/mol. The van der Waals surface area contributed by atoms with E-state index in [1.807, 2.05) is 0 Å². The zero-order chi connectivity index (χ0) is 19.4. The van der Waals surface area contributed by atoms with Crippen LogP contribution in [0.5, 0.6) is 0 Å². The number of carboxylic acid groups (broad SMARTS) is 1. The average molecular weight is 361 g/mol. The van der Waals surface area contributed by atoms with Gasteiger partial charge in [-0.15, -0.1) is 0 Å². The average Bonchev–Trinajstić information content (AvgIpc) is 2.57. The molecule has 0 aliphatic heterocycles. The number of hydrogen-bond donors (Lipinski definition) is 7. The number of rotatable bonds is 12. The molecule has 3 atom stereocenters. The third-order valence-electron chi connectivity index (χ3n) is 3.33. The van der Waals surface area contributed by atoms with Crippen LogP contribution < -0.4 is 27.4 Å². The van der Waals surface area contributed by atoms with Crippen LogP contribution in [0.4, 0.5) is 0 Å². The Bertz CT molecular complexity index is 473. The molecule has 0 aliphatic carbocycles. The minimum atomic E-state index is -1.47. The Morgan fingerprint density at radius 3 is 2.08 bits per heavy atom. The van der Waals surface area contributed by atoms with Gasteiger partial charge in [-0.1, -0.05) is 0 Å². The Hall–Kier alpha value is -2.24. The van der Waals surface area contributed by atoms with Crippen molar-refractivity contribution >= 4 is 23.7 Å². The predicted molar refractivity (Wildman–Crippen MR) is 88.1 cm³/mol. The first-order valence-electron chi connectivity index (χ1n) is 7.90. The molecule has 0 fully saturated rings. The SMILES string of the molecule is CC(NC(=O)C(CCCCN)NC(=O)CN)C(=O)NC(CO)C(=O)O. The van der Waals surface area contributed by atoms with Gasteiger partial charge in [0.1, 0.15) is 18.1 Å². The predicted octanol–water partition coefficient (Wildman–Crippen LogP) is -3.37. The second-order valence-electron chi connectivity index (χ2n) is 5.42. The molecule has 0 rings (SSSR count). The summed E-state index contributed by atoms with van der Waals surface area (Å²) in [5.74, 6) is -3.29. The Morgan fingerprint density at radius 2 is 1.60 bits per heavy atom. The van der Waals surface area contributed by atoms with Crippen LogP contribution in [0.15, 0.2) is 0 Å². The minimum absolute atomic E-state index is 0.284. The highest BCUT2D eigenvalue weighted by atomic mass is 16.4. The number of carbonyl (C=O) groups excluding carboxylic acids is 3. The first-order valence-corrected chi connectivity index (χ1v) is 7.90. The van der Waals surface area contributed by atoms with Crippen LogP contribution in [0.25, 0.3) is 0 Å². The van der Waals surface area contributed by atoms with Gasteiger partial charge in [-0.3, -0.25) is 14.4 Å². The van der Waals surface area contributed by atoms with Crippen LogP contribution in [0.3, 0.4) is 0 Å². The lowest BCUT2D eigenvalue weighted by Gasteiger charge is -2.22. The number of carbonyl (C=O) groups is 4. The Kier molecular flexibility index (Phi) is 11.1. The number of hydrogen-bond acceptors (Lipinski definition) is 7. The van der Waals surface area contributed by atoms with Gasteiger partial charge < -0.3 is 37.6 Å². The molecule has 11 nitrogen and oxygen atoms in total. The maximum absolute atomic E-state index is 12.2. The van der Waals surface area contributed by atoms with E-state index in [2.05, 4.69) is 16.0 Å². The highest BCUT2D eigenvalue weighted by Crippen LogP contribution is 2.02. The minimum Gasteiger partial charge on any atom is -0.480 e. The van der Waals surface area contributed by atoms with Gasteiger partial charge in [0.2, 0.25) is 17.7 Å².